The van der Waals surface area contributed by atoms with E-state index in [2.05, 4.69) is 6.58 Å². The molecule has 0 rings (SSSR count). The first-order valence-electron chi connectivity index (χ1n) is 2.05. The van der Waals surface area contributed by atoms with Crippen molar-refractivity contribution in [1.29, 1.82) is 0 Å². The summed E-state index contributed by atoms with van der Waals surface area (Å²) in [6, 6.07) is 0. The lowest BCUT2D eigenvalue weighted by Crippen LogP contribution is -1.74. The monoisotopic (exact) mass is 105 g/mol. The largest absolute Gasteiger partial charge is 0.310 e. The molecule has 0 aromatic carbocycles. The van der Waals surface area contributed by atoms with Gasteiger partial charge >= 0.3 is 6.43 Å². The van der Waals surface area contributed by atoms with Crippen LogP contribution in [0.4, 0.5) is 8.78 Å². The molecule has 41 valence electrons. The van der Waals surface area contributed by atoms with Crippen LogP contribution in [0.2, 0.25) is 0 Å². The maximum absolute atomic E-state index is 11.1. The van der Waals surface area contributed by atoms with E-state index in [1.807, 2.05) is 0 Å². The molecule has 0 aliphatic carbocycles. The summed E-state index contributed by atoms with van der Waals surface area (Å²) in [6.45, 7) is 3.29. The molecular weight excluding hydrogens is 98.1 g/mol. The summed E-state index contributed by atoms with van der Waals surface area (Å²) in [5.74, 6) is 0. The fraction of sp³-hybridized carbons (Fsp3) is 0.400. The number of allylic oxidation sites excluding steroid dienone is 1. The molecule has 0 aliphatic rings. The Balaban J connectivity index is 2.81. The van der Waals surface area contributed by atoms with E-state index in [4.69, 9.17) is 0 Å². The van der Waals surface area contributed by atoms with Gasteiger partial charge in [0, 0.05) is 6.42 Å². The predicted octanol–water partition coefficient (Wildman–Crippen LogP) is 2.38. The van der Waals surface area contributed by atoms with Crippen LogP contribution in [-0.4, -0.2) is 0 Å². The van der Waals surface area contributed by atoms with Crippen LogP contribution in [0.1, 0.15) is 12.8 Å². The quantitative estimate of drug-likeness (QED) is 0.483. The highest BCUT2D eigenvalue weighted by molar-refractivity contribution is 4.71. The molecule has 0 amide bonds. The highest BCUT2D eigenvalue weighted by atomic mass is 19.3. The van der Waals surface area contributed by atoms with Crippen LogP contribution < -0.4 is 0 Å². The first-order chi connectivity index (χ1) is 3.27. The zero-order valence-corrected chi connectivity index (χ0v) is 3.95. The van der Waals surface area contributed by atoms with E-state index < -0.39 is 6.43 Å². The molecule has 0 spiro atoms. The molecule has 1 radical (unpaired) electrons. The molecular formula is C5H7F2. The first-order valence-corrected chi connectivity index (χ1v) is 2.05. The Kier molecular flexibility index (Phi) is 3.56. The van der Waals surface area contributed by atoms with Gasteiger partial charge in [0.2, 0.25) is 0 Å². The fourth-order valence-electron chi connectivity index (χ4n) is 0.211. The smallest absolute Gasteiger partial charge is 0.200 e. The highest BCUT2D eigenvalue weighted by Crippen LogP contribution is 2.10. The van der Waals surface area contributed by atoms with Crippen molar-refractivity contribution >= 4 is 0 Å². The van der Waals surface area contributed by atoms with E-state index in [-0.39, 0.29) is 6.42 Å². The molecule has 0 atom stereocenters. The van der Waals surface area contributed by atoms with Gasteiger partial charge in [0.05, 0.1) is 0 Å². The first kappa shape index (κ1) is 6.60. The summed E-state index contributed by atoms with van der Waals surface area (Å²) in [7, 11) is 0. The van der Waals surface area contributed by atoms with Crippen molar-refractivity contribution in [3.8, 4) is 0 Å². The third-order valence-corrected chi connectivity index (χ3v) is 0.537. The molecule has 0 fully saturated rings. The minimum Gasteiger partial charge on any atom is -0.200 e. The van der Waals surface area contributed by atoms with Gasteiger partial charge in [-0.2, -0.15) is 8.78 Å². The average Bonchev–Trinajstić information content (AvgIpc) is 1.61. The van der Waals surface area contributed by atoms with Gasteiger partial charge in [0.15, 0.2) is 0 Å². The topological polar surface area (TPSA) is 0 Å². The van der Waals surface area contributed by atoms with Gasteiger partial charge in [-0.05, 0) is 6.42 Å². The third kappa shape index (κ3) is 5.60. The van der Waals surface area contributed by atoms with Gasteiger partial charge in [0.25, 0.3) is 0 Å². The van der Waals surface area contributed by atoms with Crippen LogP contribution in [0, 0.1) is 6.43 Å². The number of rotatable bonds is 3. The van der Waals surface area contributed by atoms with E-state index in [0.717, 1.165) is 0 Å². The molecule has 0 saturated carbocycles. The van der Waals surface area contributed by atoms with Crippen LogP contribution >= 0.6 is 0 Å². The molecule has 0 N–H and O–H groups in total. The molecule has 0 aromatic heterocycles. The van der Waals surface area contributed by atoms with E-state index in [0.29, 0.717) is 6.42 Å². The zero-order valence-electron chi connectivity index (χ0n) is 3.95. The second kappa shape index (κ2) is 3.78. The standard InChI is InChI=1S/C5H7F2/c1-2-3-4-5(6)7/h2H,1,3-4H2. The van der Waals surface area contributed by atoms with E-state index >= 15 is 0 Å². The van der Waals surface area contributed by atoms with Crippen molar-refractivity contribution in [3.05, 3.63) is 19.1 Å². The Labute approximate surface area is 41.8 Å². The van der Waals surface area contributed by atoms with Crippen LogP contribution in [0.5, 0.6) is 0 Å². The van der Waals surface area contributed by atoms with E-state index in [9.17, 15) is 8.78 Å². The molecule has 7 heavy (non-hydrogen) atoms. The fourth-order valence-corrected chi connectivity index (χ4v) is 0.211. The Morgan fingerprint density at radius 3 is 2.29 bits per heavy atom. The summed E-state index contributed by atoms with van der Waals surface area (Å²) in [5, 5.41) is 0. The number of halogens is 2. The summed E-state index contributed by atoms with van der Waals surface area (Å²) in [6.07, 6.45) is 0.199. The van der Waals surface area contributed by atoms with Crippen molar-refractivity contribution in [3.63, 3.8) is 0 Å². The lowest BCUT2D eigenvalue weighted by molar-refractivity contribution is 0.271. The summed E-state index contributed by atoms with van der Waals surface area (Å²) >= 11 is 0. The number of hydrogen-bond donors (Lipinski definition) is 0. The molecule has 2 heteroatoms. The maximum atomic E-state index is 11.1. The Hall–Kier alpha value is -0.400. The van der Waals surface area contributed by atoms with Gasteiger partial charge in [-0.3, -0.25) is 0 Å². The average molecular weight is 105 g/mol. The van der Waals surface area contributed by atoms with Crippen molar-refractivity contribution < 1.29 is 8.78 Å². The Bertz CT molecular complexity index is 50.0. The summed E-state index contributed by atoms with van der Waals surface area (Å²) in [5.41, 5.74) is 0. The van der Waals surface area contributed by atoms with Gasteiger partial charge < -0.3 is 0 Å². The SMILES string of the molecule is C=CCC[C](F)F. The van der Waals surface area contributed by atoms with Crippen molar-refractivity contribution in [2.24, 2.45) is 0 Å². The van der Waals surface area contributed by atoms with Crippen molar-refractivity contribution in [2.75, 3.05) is 0 Å². The molecule has 0 unspecified atom stereocenters. The highest BCUT2D eigenvalue weighted by Gasteiger charge is 2.00. The molecule has 0 aliphatic heterocycles. The second-order valence-electron chi connectivity index (χ2n) is 1.17. The molecule has 0 nitrogen and oxygen atoms in total. The lowest BCUT2D eigenvalue weighted by Gasteiger charge is -1.86. The number of hydrogen-bond acceptors (Lipinski definition) is 0. The van der Waals surface area contributed by atoms with Crippen LogP contribution in [0.3, 0.4) is 0 Å². The Morgan fingerprint density at radius 2 is 2.14 bits per heavy atom. The normalized spacial score (nSPS) is 9.57. The van der Waals surface area contributed by atoms with Crippen LogP contribution in [-0.2, 0) is 0 Å². The minimum absolute atomic E-state index is 0.135. The molecule has 0 heterocycles. The third-order valence-electron chi connectivity index (χ3n) is 0.537. The van der Waals surface area contributed by atoms with Gasteiger partial charge in [0.1, 0.15) is 0 Å². The Morgan fingerprint density at radius 1 is 1.57 bits per heavy atom. The van der Waals surface area contributed by atoms with E-state index in [1.54, 1.807) is 0 Å². The lowest BCUT2D eigenvalue weighted by atomic mass is 10.3. The summed E-state index contributed by atoms with van der Waals surface area (Å²) < 4.78 is 22.2. The zero-order chi connectivity index (χ0) is 5.70. The van der Waals surface area contributed by atoms with Crippen LogP contribution in [0.15, 0.2) is 12.7 Å². The van der Waals surface area contributed by atoms with Crippen LogP contribution in [0.25, 0.3) is 0 Å². The van der Waals surface area contributed by atoms with Crippen molar-refractivity contribution in [2.45, 2.75) is 12.8 Å². The van der Waals surface area contributed by atoms with Gasteiger partial charge in [-0.1, -0.05) is 6.08 Å². The minimum atomic E-state index is -1.51. The molecule has 0 bridgehead atoms. The van der Waals surface area contributed by atoms with Crippen molar-refractivity contribution in [1.82, 2.24) is 0 Å². The second-order valence-corrected chi connectivity index (χ2v) is 1.17. The molecule has 0 aromatic rings. The van der Waals surface area contributed by atoms with Gasteiger partial charge in [-0.15, -0.1) is 6.58 Å². The molecule has 0 saturated heterocycles. The maximum Gasteiger partial charge on any atom is 0.310 e. The van der Waals surface area contributed by atoms with Gasteiger partial charge in [-0.25, -0.2) is 0 Å². The predicted molar refractivity (Wildman–Crippen MR) is 24.9 cm³/mol. The van der Waals surface area contributed by atoms with E-state index in [1.165, 1.54) is 6.08 Å². The summed E-state index contributed by atoms with van der Waals surface area (Å²) in [4.78, 5) is 0.